The first-order chi connectivity index (χ1) is 18.0. The lowest BCUT2D eigenvalue weighted by molar-refractivity contribution is -0.136. The predicted molar refractivity (Wildman–Crippen MR) is 149 cm³/mol. The van der Waals surface area contributed by atoms with Gasteiger partial charge in [0.05, 0.1) is 23.2 Å². The van der Waals surface area contributed by atoms with Crippen LogP contribution >= 0.6 is 27.5 Å². The van der Waals surface area contributed by atoms with Gasteiger partial charge in [0.25, 0.3) is 0 Å². The van der Waals surface area contributed by atoms with E-state index < -0.39 is 5.97 Å². The van der Waals surface area contributed by atoms with Gasteiger partial charge in [-0.05, 0) is 80.7 Å². The van der Waals surface area contributed by atoms with Crippen molar-refractivity contribution in [3.05, 3.63) is 112 Å². The van der Waals surface area contributed by atoms with E-state index in [1.807, 2.05) is 42.5 Å². The molecule has 0 heterocycles. The second-order valence-electron chi connectivity index (χ2n) is 7.86. The van der Waals surface area contributed by atoms with Crippen LogP contribution in [0.15, 0.2) is 95.5 Å². The molecular formula is C30H21BrClNO4. The second kappa shape index (κ2) is 12.3. The highest BCUT2D eigenvalue weighted by Gasteiger charge is 2.13. The van der Waals surface area contributed by atoms with Gasteiger partial charge in [0.15, 0.2) is 18.1 Å². The van der Waals surface area contributed by atoms with Crippen LogP contribution in [-0.4, -0.2) is 19.7 Å². The Morgan fingerprint density at radius 1 is 0.919 bits per heavy atom. The van der Waals surface area contributed by atoms with Crippen LogP contribution in [0.5, 0.6) is 17.2 Å². The number of nitriles is 1. The summed E-state index contributed by atoms with van der Waals surface area (Å²) in [7, 11) is 1.48. The molecule has 0 bridgehead atoms. The van der Waals surface area contributed by atoms with Crippen LogP contribution in [0.2, 0.25) is 5.02 Å². The number of rotatable bonds is 8. The summed E-state index contributed by atoms with van der Waals surface area (Å²) >= 11 is 9.45. The summed E-state index contributed by atoms with van der Waals surface area (Å²) in [6.07, 6.45) is 1.72. The number of allylic oxidation sites excluding steroid dienone is 1. The Balaban J connectivity index is 1.42. The highest BCUT2D eigenvalue weighted by Crippen LogP contribution is 2.32. The van der Waals surface area contributed by atoms with Crippen molar-refractivity contribution in [3.8, 4) is 34.4 Å². The first-order valence-electron chi connectivity index (χ1n) is 11.2. The van der Waals surface area contributed by atoms with Crippen LogP contribution in [0.1, 0.15) is 11.1 Å². The summed E-state index contributed by atoms with van der Waals surface area (Å²) in [5.41, 5.74) is 4.01. The molecule has 4 aromatic rings. The first-order valence-corrected chi connectivity index (χ1v) is 12.4. The number of benzene rings is 4. The van der Waals surface area contributed by atoms with Gasteiger partial charge in [-0.1, -0.05) is 66.2 Å². The highest BCUT2D eigenvalue weighted by molar-refractivity contribution is 9.10. The molecule has 4 rings (SSSR count). The number of carbonyl (C=O) groups excluding carboxylic acids is 1. The largest absolute Gasteiger partial charge is 0.493 e. The van der Waals surface area contributed by atoms with Gasteiger partial charge < -0.3 is 14.2 Å². The molecule has 0 aromatic heterocycles. The molecule has 0 saturated heterocycles. The van der Waals surface area contributed by atoms with E-state index in [2.05, 4.69) is 22.0 Å². The SMILES string of the molecule is COc1cc(/C=C(\C#N)c2ccc(Cl)cc2)ccc1OC(=O)COc1ccc(-c2ccccc2)cc1Br. The van der Waals surface area contributed by atoms with Crippen molar-refractivity contribution in [1.29, 1.82) is 5.26 Å². The first kappa shape index (κ1) is 26.0. The van der Waals surface area contributed by atoms with Crippen LogP contribution < -0.4 is 14.2 Å². The standard InChI is InChI=1S/C30H21BrClNO4/c1-35-29-16-20(15-24(18-33)22-8-11-25(32)12-9-22)7-13-28(29)37-30(34)19-36-27-14-10-23(17-26(27)31)21-5-3-2-4-6-21/h2-17H,19H2,1H3/b24-15+. The number of ether oxygens (including phenoxy) is 3. The van der Waals surface area contributed by atoms with Crippen molar-refractivity contribution in [2.75, 3.05) is 13.7 Å². The van der Waals surface area contributed by atoms with E-state index in [4.69, 9.17) is 25.8 Å². The highest BCUT2D eigenvalue weighted by atomic mass is 79.9. The molecule has 0 fully saturated rings. The van der Waals surface area contributed by atoms with Gasteiger partial charge in [-0.25, -0.2) is 4.79 Å². The monoisotopic (exact) mass is 573 g/mol. The molecule has 0 atom stereocenters. The molecule has 0 saturated carbocycles. The number of nitrogens with zero attached hydrogens (tertiary/aromatic N) is 1. The molecule has 37 heavy (non-hydrogen) atoms. The molecule has 0 aliphatic rings. The van der Waals surface area contributed by atoms with Crippen LogP contribution in [-0.2, 0) is 4.79 Å². The average molecular weight is 575 g/mol. The average Bonchev–Trinajstić information content (AvgIpc) is 2.92. The van der Waals surface area contributed by atoms with Gasteiger partial charge in [-0.15, -0.1) is 0 Å². The minimum Gasteiger partial charge on any atom is -0.493 e. The molecular weight excluding hydrogens is 554 g/mol. The molecule has 5 nitrogen and oxygen atoms in total. The fourth-order valence-corrected chi connectivity index (χ4v) is 4.17. The minimum atomic E-state index is -0.584. The van der Waals surface area contributed by atoms with Crippen molar-refractivity contribution < 1.29 is 19.0 Å². The van der Waals surface area contributed by atoms with Crippen LogP contribution in [0.3, 0.4) is 0 Å². The van der Waals surface area contributed by atoms with E-state index in [0.29, 0.717) is 27.7 Å². The maximum Gasteiger partial charge on any atom is 0.349 e. The third kappa shape index (κ3) is 6.79. The molecule has 0 amide bonds. The van der Waals surface area contributed by atoms with Gasteiger partial charge in [0, 0.05) is 5.02 Å². The smallest absolute Gasteiger partial charge is 0.349 e. The molecule has 0 spiro atoms. The number of carbonyl (C=O) groups is 1. The summed E-state index contributed by atoms with van der Waals surface area (Å²) in [5, 5.41) is 10.2. The summed E-state index contributed by atoms with van der Waals surface area (Å²) in [6.45, 7) is -0.288. The third-order valence-electron chi connectivity index (χ3n) is 5.38. The van der Waals surface area contributed by atoms with E-state index in [-0.39, 0.29) is 12.4 Å². The zero-order valence-electron chi connectivity index (χ0n) is 19.8. The van der Waals surface area contributed by atoms with E-state index in [1.165, 1.54) is 7.11 Å². The van der Waals surface area contributed by atoms with Gasteiger partial charge in [0.1, 0.15) is 5.75 Å². The third-order valence-corrected chi connectivity index (χ3v) is 6.25. The lowest BCUT2D eigenvalue weighted by Crippen LogP contribution is -2.18. The summed E-state index contributed by atoms with van der Waals surface area (Å²) in [6, 6.07) is 29.9. The number of hydrogen-bond acceptors (Lipinski definition) is 5. The second-order valence-corrected chi connectivity index (χ2v) is 9.15. The predicted octanol–water partition coefficient (Wildman–Crippen LogP) is 7.83. The number of esters is 1. The summed E-state index contributed by atoms with van der Waals surface area (Å²) in [4.78, 5) is 12.5. The Kier molecular flexibility index (Phi) is 8.63. The Hall–Kier alpha value is -4.05. The maximum absolute atomic E-state index is 12.5. The van der Waals surface area contributed by atoms with Gasteiger partial charge in [-0.3, -0.25) is 0 Å². The maximum atomic E-state index is 12.5. The Labute approximate surface area is 228 Å². The van der Waals surface area contributed by atoms with E-state index in [0.717, 1.165) is 21.2 Å². The number of halogens is 2. The van der Waals surface area contributed by atoms with Gasteiger partial charge >= 0.3 is 5.97 Å². The summed E-state index contributed by atoms with van der Waals surface area (Å²) in [5.74, 6) is 0.537. The van der Waals surface area contributed by atoms with Crippen molar-refractivity contribution in [2.24, 2.45) is 0 Å². The Morgan fingerprint density at radius 2 is 1.65 bits per heavy atom. The molecule has 4 aromatic carbocycles. The topological polar surface area (TPSA) is 68.5 Å². The number of hydrogen-bond donors (Lipinski definition) is 0. The fourth-order valence-electron chi connectivity index (χ4n) is 3.55. The van der Waals surface area contributed by atoms with Gasteiger partial charge in [0.2, 0.25) is 0 Å². The van der Waals surface area contributed by atoms with Crippen molar-refractivity contribution in [3.63, 3.8) is 0 Å². The molecule has 184 valence electrons. The van der Waals surface area contributed by atoms with E-state index in [9.17, 15) is 10.1 Å². The van der Waals surface area contributed by atoms with Crippen molar-refractivity contribution >= 4 is 45.1 Å². The molecule has 0 N–H and O–H groups in total. The molecule has 0 radical (unpaired) electrons. The molecule has 0 aliphatic heterocycles. The van der Waals surface area contributed by atoms with Crippen LogP contribution in [0, 0.1) is 11.3 Å². The van der Waals surface area contributed by atoms with Crippen LogP contribution in [0.25, 0.3) is 22.8 Å². The molecule has 0 aliphatic carbocycles. The molecule has 7 heteroatoms. The molecule has 0 unspecified atom stereocenters. The lowest BCUT2D eigenvalue weighted by atomic mass is 10.0. The van der Waals surface area contributed by atoms with Crippen molar-refractivity contribution in [1.82, 2.24) is 0 Å². The Bertz CT molecular complexity index is 1480. The Morgan fingerprint density at radius 3 is 2.32 bits per heavy atom. The zero-order valence-corrected chi connectivity index (χ0v) is 22.1. The zero-order chi connectivity index (χ0) is 26.2. The minimum absolute atomic E-state index is 0.247. The van der Waals surface area contributed by atoms with Gasteiger partial charge in [-0.2, -0.15) is 5.26 Å². The fraction of sp³-hybridized carbons (Fsp3) is 0.0667. The van der Waals surface area contributed by atoms with E-state index in [1.54, 1.807) is 54.6 Å². The summed E-state index contributed by atoms with van der Waals surface area (Å²) < 4.78 is 17.3. The quantitative estimate of drug-likeness (QED) is 0.0928. The van der Waals surface area contributed by atoms with Crippen LogP contribution in [0.4, 0.5) is 0 Å². The van der Waals surface area contributed by atoms with Crippen molar-refractivity contribution in [2.45, 2.75) is 0 Å². The lowest BCUT2D eigenvalue weighted by Gasteiger charge is -2.12. The number of methoxy groups -OCH3 is 1. The normalized spacial score (nSPS) is 10.9. The van der Waals surface area contributed by atoms with E-state index >= 15 is 0 Å².